The Bertz CT molecular complexity index is 1760. The number of hydrogen-bond donors (Lipinski definition) is 1. The van der Waals surface area contributed by atoms with Crippen LogP contribution in [0.2, 0.25) is 0 Å². The average Bonchev–Trinajstić information content (AvgIpc) is 3.43. The van der Waals surface area contributed by atoms with Gasteiger partial charge in [0.05, 0.1) is 12.1 Å². The topological polar surface area (TPSA) is 73.3 Å². The van der Waals surface area contributed by atoms with Gasteiger partial charge in [-0.1, -0.05) is 66.7 Å². The lowest BCUT2D eigenvalue weighted by molar-refractivity contribution is 0.102. The van der Waals surface area contributed by atoms with Gasteiger partial charge in [0, 0.05) is 35.5 Å². The maximum Gasteiger partial charge on any atom is 0.350 e. The molecule has 3 aromatic carbocycles. The zero-order valence-corrected chi connectivity index (χ0v) is 19.4. The summed E-state index contributed by atoms with van der Waals surface area (Å²) in [7, 11) is 0. The maximum atomic E-state index is 13.3. The van der Waals surface area contributed by atoms with Crippen LogP contribution in [-0.4, -0.2) is 24.7 Å². The van der Waals surface area contributed by atoms with Gasteiger partial charge in [-0.15, -0.1) is 5.10 Å². The quantitative estimate of drug-likeness (QED) is 0.378. The first kappa shape index (κ1) is 21.6. The molecular weight excluding hydrogens is 450 g/mol. The lowest BCUT2D eigenvalue weighted by Gasteiger charge is -2.07. The van der Waals surface area contributed by atoms with E-state index in [9.17, 15) is 9.59 Å². The molecule has 0 fully saturated rings. The number of aromatic nitrogens is 4. The molecule has 3 heterocycles. The number of fused-ring (bicyclic) bond motifs is 2. The predicted octanol–water partition coefficient (Wildman–Crippen LogP) is 4.80. The van der Waals surface area contributed by atoms with Crippen LogP contribution in [-0.2, 0) is 13.1 Å². The molecule has 0 saturated carbocycles. The molecule has 0 saturated heterocycles. The highest BCUT2D eigenvalue weighted by atomic mass is 16.2. The first-order chi connectivity index (χ1) is 17.7. The number of nitrogens with zero attached hydrogens (tertiary/aromatic N) is 4. The van der Waals surface area contributed by atoms with Crippen molar-refractivity contribution in [3.05, 3.63) is 137 Å². The maximum absolute atomic E-state index is 13.3. The summed E-state index contributed by atoms with van der Waals surface area (Å²) >= 11 is 0. The van der Waals surface area contributed by atoms with E-state index in [1.165, 1.54) is 14.6 Å². The van der Waals surface area contributed by atoms with E-state index in [1.807, 2.05) is 79.0 Å². The van der Waals surface area contributed by atoms with Crippen molar-refractivity contribution in [3.63, 3.8) is 0 Å². The van der Waals surface area contributed by atoms with Crippen LogP contribution in [0.3, 0.4) is 0 Å². The highest BCUT2D eigenvalue weighted by molar-refractivity contribution is 6.13. The van der Waals surface area contributed by atoms with Crippen LogP contribution in [0.25, 0.3) is 16.6 Å². The van der Waals surface area contributed by atoms with Crippen molar-refractivity contribution in [3.8, 4) is 0 Å². The number of benzene rings is 3. The van der Waals surface area contributed by atoms with Crippen LogP contribution in [0, 0.1) is 0 Å². The summed E-state index contributed by atoms with van der Waals surface area (Å²) in [6, 6.07) is 31.0. The molecule has 0 radical (unpaired) electrons. The van der Waals surface area contributed by atoms with Crippen molar-refractivity contribution in [2.24, 2.45) is 0 Å². The minimum atomic E-state index is -0.203. The fraction of sp³-hybridized carbons (Fsp3) is 0.0690. The van der Waals surface area contributed by atoms with Gasteiger partial charge < -0.3 is 9.88 Å². The van der Waals surface area contributed by atoms with Crippen molar-refractivity contribution in [1.82, 2.24) is 18.7 Å². The number of hydrogen-bond acceptors (Lipinski definition) is 3. The third kappa shape index (κ3) is 4.07. The first-order valence-corrected chi connectivity index (χ1v) is 11.7. The molecule has 0 aliphatic carbocycles. The third-order valence-electron chi connectivity index (χ3n) is 6.23. The number of para-hydroxylation sites is 1. The highest BCUT2D eigenvalue weighted by Crippen LogP contribution is 2.24. The highest BCUT2D eigenvalue weighted by Gasteiger charge is 2.16. The van der Waals surface area contributed by atoms with Crippen LogP contribution in [0.15, 0.2) is 114 Å². The molecule has 0 aliphatic rings. The van der Waals surface area contributed by atoms with Gasteiger partial charge in [-0.3, -0.25) is 9.20 Å². The van der Waals surface area contributed by atoms with Gasteiger partial charge in [-0.25, -0.2) is 9.48 Å². The molecule has 7 nitrogen and oxygen atoms in total. The van der Waals surface area contributed by atoms with E-state index >= 15 is 0 Å². The fourth-order valence-corrected chi connectivity index (χ4v) is 4.53. The predicted molar refractivity (Wildman–Crippen MR) is 140 cm³/mol. The largest absolute Gasteiger partial charge is 0.350 e. The van der Waals surface area contributed by atoms with Crippen molar-refractivity contribution in [2.75, 3.05) is 5.32 Å². The number of anilines is 1. The second-order valence-corrected chi connectivity index (χ2v) is 8.70. The number of pyridine rings is 1. The number of amides is 1. The van der Waals surface area contributed by atoms with E-state index in [0.29, 0.717) is 30.0 Å². The molecule has 176 valence electrons. The Kier molecular flexibility index (Phi) is 5.42. The van der Waals surface area contributed by atoms with Crippen LogP contribution in [0.1, 0.15) is 21.5 Å². The Balaban J connectivity index is 1.26. The molecule has 0 atom stereocenters. The van der Waals surface area contributed by atoms with Gasteiger partial charge in [0.15, 0.2) is 5.65 Å². The zero-order chi connectivity index (χ0) is 24.5. The molecule has 36 heavy (non-hydrogen) atoms. The molecular formula is C29H23N5O2. The van der Waals surface area contributed by atoms with E-state index in [-0.39, 0.29) is 11.6 Å². The Hall–Kier alpha value is -4.91. The minimum Gasteiger partial charge on any atom is -0.342 e. The molecule has 7 heteroatoms. The number of carbonyl (C=O) groups excluding carboxylic acids is 1. The minimum absolute atomic E-state index is 0.181. The van der Waals surface area contributed by atoms with E-state index in [2.05, 4.69) is 27.1 Å². The van der Waals surface area contributed by atoms with Crippen molar-refractivity contribution >= 4 is 28.1 Å². The van der Waals surface area contributed by atoms with Gasteiger partial charge in [0.2, 0.25) is 0 Å². The molecule has 3 aromatic heterocycles. The summed E-state index contributed by atoms with van der Waals surface area (Å²) in [6.45, 7) is 0.985. The van der Waals surface area contributed by atoms with E-state index in [1.54, 1.807) is 18.3 Å². The number of nitrogens with one attached hydrogen (secondary N) is 1. The standard InChI is InChI=1S/C29H23N5O2/c35-28(25-20-32(18-21-9-2-1-3-10-21)26-14-5-4-13-24(25)26)30-23-12-8-11-22(17-23)19-34-29(36)33-16-7-6-15-27(33)31-34/h1-17,20H,18-19H2,(H,30,35). The monoisotopic (exact) mass is 473 g/mol. The SMILES string of the molecule is O=C(Nc1cccc(Cn2nc3ccccn3c2=O)c1)c1cn(Cc2ccccc2)c2ccccc12. The summed E-state index contributed by atoms with van der Waals surface area (Å²) < 4.78 is 5.04. The Morgan fingerprint density at radius 3 is 2.44 bits per heavy atom. The molecule has 0 spiro atoms. The van der Waals surface area contributed by atoms with Gasteiger partial charge in [0.1, 0.15) is 0 Å². The van der Waals surface area contributed by atoms with Gasteiger partial charge in [-0.2, -0.15) is 0 Å². The van der Waals surface area contributed by atoms with Gasteiger partial charge in [0.25, 0.3) is 5.91 Å². The molecule has 6 aromatic rings. The molecule has 6 rings (SSSR count). The normalized spacial score (nSPS) is 11.2. The van der Waals surface area contributed by atoms with E-state index in [0.717, 1.165) is 16.5 Å². The van der Waals surface area contributed by atoms with Crippen molar-refractivity contribution < 1.29 is 4.79 Å². The van der Waals surface area contributed by atoms with E-state index in [4.69, 9.17) is 0 Å². The second kappa shape index (κ2) is 9.03. The first-order valence-electron chi connectivity index (χ1n) is 11.7. The summed E-state index contributed by atoms with van der Waals surface area (Å²) in [5, 5.41) is 8.32. The summed E-state index contributed by atoms with van der Waals surface area (Å²) in [6.07, 6.45) is 3.61. The molecule has 0 bridgehead atoms. The Morgan fingerprint density at radius 2 is 1.58 bits per heavy atom. The summed E-state index contributed by atoms with van der Waals surface area (Å²) in [4.78, 5) is 26.0. The van der Waals surface area contributed by atoms with Gasteiger partial charge in [-0.05, 0) is 41.5 Å². The van der Waals surface area contributed by atoms with E-state index < -0.39 is 0 Å². The second-order valence-electron chi connectivity index (χ2n) is 8.70. The van der Waals surface area contributed by atoms with Crippen LogP contribution in [0.5, 0.6) is 0 Å². The average molecular weight is 474 g/mol. The Morgan fingerprint density at radius 1 is 0.806 bits per heavy atom. The summed E-state index contributed by atoms with van der Waals surface area (Å²) in [5.74, 6) is -0.181. The van der Waals surface area contributed by atoms with Crippen LogP contribution in [0.4, 0.5) is 5.69 Å². The lowest BCUT2D eigenvalue weighted by atomic mass is 10.1. The van der Waals surface area contributed by atoms with Gasteiger partial charge >= 0.3 is 5.69 Å². The lowest BCUT2D eigenvalue weighted by Crippen LogP contribution is -2.21. The molecule has 1 amide bonds. The fourth-order valence-electron chi connectivity index (χ4n) is 4.53. The summed E-state index contributed by atoms with van der Waals surface area (Å²) in [5.41, 5.74) is 4.71. The molecule has 0 aliphatic heterocycles. The molecule has 0 unspecified atom stereocenters. The third-order valence-corrected chi connectivity index (χ3v) is 6.23. The number of carbonyl (C=O) groups is 1. The van der Waals surface area contributed by atoms with Crippen molar-refractivity contribution in [1.29, 1.82) is 0 Å². The number of rotatable bonds is 6. The zero-order valence-electron chi connectivity index (χ0n) is 19.4. The van der Waals surface area contributed by atoms with Crippen LogP contribution >= 0.6 is 0 Å². The van der Waals surface area contributed by atoms with Crippen LogP contribution < -0.4 is 11.0 Å². The molecule has 1 N–H and O–H groups in total. The Labute approximate surface area is 206 Å². The van der Waals surface area contributed by atoms with Crippen molar-refractivity contribution in [2.45, 2.75) is 13.1 Å². The smallest absolute Gasteiger partial charge is 0.342 e.